The van der Waals surface area contributed by atoms with E-state index < -0.39 is 0 Å². The first-order valence-corrected chi connectivity index (χ1v) is 6.45. The Morgan fingerprint density at radius 2 is 2.26 bits per heavy atom. The van der Waals surface area contributed by atoms with Crippen LogP contribution in [0.1, 0.15) is 20.8 Å². The van der Waals surface area contributed by atoms with Crippen LogP contribution < -0.4 is 5.32 Å². The molecule has 0 bridgehead atoms. The van der Waals surface area contributed by atoms with Gasteiger partial charge in [0.2, 0.25) is 0 Å². The first kappa shape index (κ1) is 13.3. The zero-order valence-electron chi connectivity index (χ0n) is 10.3. The van der Waals surface area contributed by atoms with Crippen molar-refractivity contribution in [3.05, 3.63) is 46.5 Å². The van der Waals surface area contributed by atoms with Crippen molar-refractivity contribution in [2.24, 2.45) is 0 Å². The molecule has 0 saturated heterocycles. The van der Waals surface area contributed by atoms with E-state index >= 15 is 0 Å². The molecule has 1 aromatic heterocycles. The summed E-state index contributed by atoms with van der Waals surface area (Å²) in [4.78, 5) is 16.8. The molecule has 1 amide bonds. The van der Waals surface area contributed by atoms with Crippen molar-refractivity contribution in [1.29, 1.82) is 0 Å². The van der Waals surface area contributed by atoms with Crippen LogP contribution in [0.2, 0.25) is 0 Å². The predicted octanol–water partition coefficient (Wildman–Crippen LogP) is 2.05. The molecule has 96 valence electrons. The fourth-order valence-corrected chi connectivity index (χ4v) is 2.19. The average molecular weight is 272 g/mol. The second-order valence-corrected chi connectivity index (χ2v) is 4.79. The summed E-state index contributed by atoms with van der Waals surface area (Å²) < 4.78 is 0. The molecule has 0 atom stereocenters. The minimum atomic E-state index is -0.192. The van der Waals surface area contributed by atoms with Crippen LogP contribution in [-0.4, -0.2) is 22.6 Å². The second kappa shape index (κ2) is 6.14. The third-order valence-electron chi connectivity index (χ3n) is 2.41. The highest BCUT2D eigenvalue weighted by molar-refractivity contribution is 7.16. The molecule has 2 rings (SSSR count). The van der Waals surface area contributed by atoms with Crippen LogP contribution in [0.3, 0.4) is 0 Å². The van der Waals surface area contributed by atoms with Crippen molar-refractivity contribution in [3.8, 4) is 11.8 Å². The van der Waals surface area contributed by atoms with Gasteiger partial charge < -0.3 is 5.11 Å². The Labute approximate surface area is 115 Å². The number of rotatable bonds is 2. The number of thiazole rings is 1. The zero-order chi connectivity index (χ0) is 13.7. The minimum Gasteiger partial charge on any atom is -0.384 e. The normalized spacial score (nSPS) is 9.58. The first-order chi connectivity index (χ1) is 9.20. The predicted molar refractivity (Wildman–Crippen MR) is 75.2 cm³/mol. The molecule has 19 heavy (non-hydrogen) atoms. The van der Waals surface area contributed by atoms with Gasteiger partial charge >= 0.3 is 0 Å². The molecule has 0 aliphatic rings. The number of aliphatic hydroxyl groups is 1. The molecule has 2 N–H and O–H groups in total. The number of aromatic nitrogens is 1. The van der Waals surface area contributed by atoms with Crippen molar-refractivity contribution >= 4 is 22.4 Å². The van der Waals surface area contributed by atoms with E-state index in [2.05, 4.69) is 22.1 Å². The van der Waals surface area contributed by atoms with Gasteiger partial charge in [-0.25, -0.2) is 4.98 Å². The summed E-state index contributed by atoms with van der Waals surface area (Å²) in [5, 5.41) is 11.8. The summed E-state index contributed by atoms with van der Waals surface area (Å²) in [5.41, 5.74) is 1.54. The second-order valence-electron chi connectivity index (χ2n) is 3.76. The Morgan fingerprint density at radius 3 is 3.00 bits per heavy atom. The maximum absolute atomic E-state index is 12.0. The molecule has 0 saturated carbocycles. The van der Waals surface area contributed by atoms with E-state index in [4.69, 9.17) is 5.11 Å². The number of amides is 1. The molecule has 1 heterocycles. The van der Waals surface area contributed by atoms with E-state index in [0.717, 1.165) is 5.56 Å². The van der Waals surface area contributed by atoms with Crippen LogP contribution in [-0.2, 0) is 0 Å². The van der Waals surface area contributed by atoms with Gasteiger partial charge in [-0.3, -0.25) is 10.1 Å². The van der Waals surface area contributed by atoms with E-state index in [1.165, 1.54) is 11.3 Å². The SMILES string of the molecule is Cc1ccccc1C(=O)Nc1ncc(C#CCO)s1. The monoisotopic (exact) mass is 272 g/mol. The standard InChI is InChI=1S/C14H12N2O2S/c1-10-5-2-3-7-12(10)13(18)16-14-15-9-11(19-14)6-4-8-17/h2-3,5,7,9,17H,8H2,1H3,(H,15,16,18). The van der Waals surface area contributed by atoms with Gasteiger partial charge in [0.25, 0.3) is 5.91 Å². The maximum Gasteiger partial charge on any atom is 0.257 e. The molecule has 0 spiro atoms. The smallest absolute Gasteiger partial charge is 0.257 e. The van der Waals surface area contributed by atoms with Crippen LogP contribution in [0.5, 0.6) is 0 Å². The largest absolute Gasteiger partial charge is 0.384 e. The summed E-state index contributed by atoms with van der Waals surface area (Å²) in [7, 11) is 0. The molecule has 0 aliphatic heterocycles. The van der Waals surface area contributed by atoms with Gasteiger partial charge in [0.1, 0.15) is 6.61 Å². The highest BCUT2D eigenvalue weighted by atomic mass is 32.1. The minimum absolute atomic E-state index is 0.186. The first-order valence-electron chi connectivity index (χ1n) is 5.63. The third-order valence-corrected chi connectivity index (χ3v) is 3.23. The van der Waals surface area contributed by atoms with Crippen molar-refractivity contribution < 1.29 is 9.90 Å². The Bertz CT molecular complexity index is 653. The molecule has 0 unspecified atom stereocenters. The van der Waals surface area contributed by atoms with E-state index in [1.807, 2.05) is 25.1 Å². The van der Waals surface area contributed by atoms with Crippen molar-refractivity contribution in [3.63, 3.8) is 0 Å². The van der Waals surface area contributed by atoms with Gasteiger partial charge in [-0.05, 0) is 18.6 Å². The summed E-state index contributed by atoms with van der Waals surface area (Å²) in [6, 6.07) is 7.36. The highest BCUT2D eigenvalue weighted by Crippen LogP contribution is 2.18. The topological polar surface area (TPSA) is 62.2 Å². The fraction of sp³-hybridized carbons (Fsp3) is 0.143. The summed E-state index contributed by atoms with van der Waals surface area (Å²) >= 11 is 1.27. The van der Waals surface area contributed by atoms with Crippen LogP contribution in [0, 0.1) is 18.8 Å². The van der Waals surface area contributed by atoms with E-state index in [0.29, 0.717) is 15.6 Å². The third kappa shape index (κ3) is 3.41. The number of anilines is 1. The van der Waals surface area contributed by atoms with Gasteiger partial charge in [-0.1, -0.05) is 41.4 Å². The van der Waals surface area contributed by atoms with Crippen molar-refractivity contribution in [2.45, 2.75) is 6.92 Å². The molecule has 0 fully saturated rings. The lowest BCUT2D eigenvalue weighted by atomic mass is 10.1. The zero-order valence-corrected chi connectivity index (χ0v) is 11.1. The van der Waals surface area contributed by atoms with Crippen LogP contribution >= 0.6 is 11.3 Å². The molecule has 5 heteroatoms. The van der Waals surface area contributed by atoms with Gasteiger partial charge in [0.15, 0.2) is 5.13 Å². The number of benzene rings is 1. The van der Waals surface area contributed by atoms with Crippen molar-refractivity contribution in [2.75, 3.05) is 11.9 Å². The molecule has 0 radical (unpaired) electrons. The quantitative estimate of drug-likeness (QED) is 0.822. The summed E-state index contributed by atoms with van der Waals surface area (Å²) in [6.07, 6.45) is 1.57. The lowest BCUT2D eigenvalue weighted by molar-refractivity contribution is 0.102. The van der Waals surface area contributed by atoms with Crippen LogP contribution in [0.15, 0.2) is 30.5 Å². The summed E-state index contributed by atoms with van der Waals surface area (Å²) in [6.45, 7) is 1.69. The number of nitrogens with zero attached hydrogens (tertiary/aromatic N) is 1. The summed E-state index contributed by atoms with van der Waals surface area (Å²) in [5.74, 6) is 5.09. The number of hydrogen-bond donors (Lipinski definition) is 2. The Morgan fingerprint density at radius 1 is 1.47 bits per heavy atom. The maximum atomic E-state index is 12.0. The Hall–Kier alpha value is -2.16. The molecule has 0 aliphatic carbocycles. The van der Waals surface area contributed by atoms with Crippen LogP contribution in [0.4, 0.5) is 5.13 Å². The van der Waals surface area contributed by atoms with Crippen molar-refractivity contribution in [1.82, 2.24) is 4.98 Å². The Balaban J connectivity index is 2.11. The van der Waals surface area contributed by atoms with E-state index in [9.17, 15) is 4.79 Å². The number of aliphatic hydroxyl groups excluding tert-OH is 1. The molecule has 4 nitrogen and oxygen atoms in total. The van der Waals surface area contributed by atoms with Gasteiger partial charge in [-0.2, -0.15) is 0 Å². The lowest BCUT2D eigenvalue weighted by Crippen LogP contribution is -2.12. The number of hydrogen-bond acceptors (Lipinski definition) is 4. The van der Waals surface area contributed by atoms with Gasteiger partial charge in [-0.15, -0.1) is 0 Å². The molecule has 2 aromatic rings. The number of nitrogens with one attached hydrogen (secondary N) is 1. The number of carbonyl (C=O) groups is 1. The molecular formula is C14H12N2O2S. The fourth-order valence-electron chi connectivity index (χ4n) is 1.51. The van der Waals surface area contributed by atoms with Gasteiger partial charge in [0, 0.05) is 5.56 Å². The molecular weight excluding hydrogens is 260 g/mol. The lowest BCUT2D eigenvalue weighted by Gasteiger charge is -2.04. The average Bonchev–Trinajstić information content (AvgIpc) is 2.84. The Kier molecular flexibility index (Phi) is 4.29. The molecule has 1 aromatic carbocycles. The highest BCUT2D eigenvalue weighted by Gasteiger charge is 2.10. The number of aryl methyl sites for hydroxylation is 1. The van der Waals surface area contributed by atoms with Crippen LogP contribution in [0.25, 0.3) is 0 Å². The van der Waals surface area contributed by atoms with E-state index in [-0.39, 0.29) is 12.5 Å². The number of carbonyl (C=O) groups excluding carboxylic acids is 1. The van der Waals surface area contributed by atoms with Gasteiger partial charge in [0.05, 0.1) is 11.1 Å². The van der Waals surface area contributed by atoms with E-state index in [1.54, 1.807) is 12.3 Å².